The largest absolute Gasteiger partial charge is 0.334 e. The lowest BCUT2D eigenvalue weighted by molar-refractivity contribution is 0.577. The van der Waals surface area contributed by atoms with Gasteiger partial charge in [-0.3, -0.25) is 14.1 Å². The fourth-order valence-electron chi connectivity index (χ4n) is 5.07. The maximum atomic E-state index is 14.1. The van der Waals surface area contributed by atoms with E-state index in [1.807, 2.05) is 51.9 Å². The number of hydrogen-bond donors (Lipinski definition) is 1. The Balaban J connectivity index is 1.57. The number of nitrogens with one attached hydrogen (secondary N) is 1. The lowest BCUT2D eigenvalue weighted by Gasteiger charge is -2.21. The fourth-order valence-corrected chi connectivity index (χ4v) is 5.07. The van der Waals surface area contributed by atoms with Crippen LogP contribution in [0.3, 0.4) is 0 Å². The Morgan fingerprint density at radius 3 is 2.44 bits per heavy atom. The number of benzene rings is 1. The van der Waals surface area contributed by atoms with Crippen molar-refractivity contribution in [3.63, 3.8) is 0 Å². The highest BCUT2D eigenvalue weighted by molar-refractivity contribution is 5.70. The molecule has 0 aliphatic heterocycles. The van der Waals surface area contributed by atoms with Gasteiger partial charge in [-0.1, -0.05) is 58.4 Å². The van der Waals surface area contributed by atoms with E-state index >= 15 is 0 Å². The standard InChI is InChI=1S/C30H36N8O/c1-6-8-9-24-20-38(28-26(30(3,4)5)15-17-36(28)7-2)29(39)37(24)19-23-18-31-16-14-25(23)21-10-12-22(13-11-21)27-32-34-35-33-27/h10-18,20H,6-9,19H2,1-5H3,(H,32,33,34,35). The van der Waals surface area contributed by atoms with Gasteiger partial charge in [0.1, 0.15) is 5.82 Å². The molecule has 0 bridgehead atoms. The van der Waals surface area contributed by atoms with Crippen molar-refractivity contribution in [1.82, 2.24) is 39.3 Å². The summed E-state index contributed by atoms with van der Waals surface area (Å²) >= 11 is 0. The van der Waals surface area contributed by atoms with Crippen LogP contribution in [0.1, 0.15) is 64.3 Å². The second kappa shape index (κ2) is 10.8. The lowest BCUT2D eigenvalue weighted by Crippen LogP contribution is -2.28. The number of imidazole rings is 1. The monoisotopic (exact) mass is 524 g/mol. The van der Waals surface area contributed by atoms with E-state index in [0.29, 0.717) is 12.4 Å². The summed E-state index contributed by atoms with van der Waals surface area (Å²) in [6.45, 7) is 12.1. The number of aryl methyl sites for hydroxylation is 2. The predicted octanol–water partition coefficient (Wildman–Crippen LogP) is 5.39. The van der Waals surface area contributed by atoms with Crippen LogP contribution in [0.2, 0.25) is 0 Å². The van der Waals surface area contributed by atoms with Crippen molar-refractivity contribution in [1.29, 1.82) is 0 Å². The first-order chi connectivity index (χ1) is 18.8. The van der Waals surface area contributed by atoms with Gasteiger partial charge in [-0.05, 0) is 64.4 Å². The van der Waals surface area contributed by atoms with Crippen LogP contribution < -0.4 is 5.69 Å². The maximum Gasteiger partial charge on any atom is 0.334 e. The number of nitrogens with zero attached hydrogens (tertiary/aromatic N) is 7. The van der Waals surface area contributed by atoms with Gasteiger partial charge in [-0.15, -0.1) is 5.10 Å². The van der Waals surface area contributed by atoms with Crippen molar-refractivity contribution in [2.24, 2.45) is 0 Å². The molecule has 0 amide bonds. The van der Waals surface area contributed by atoms with Gasteiger partial charge < -0.3 is 4.57 Å². The molecule has 0 radical (unpaired) electrons. The van der Waals surface area contributed by atoms with Crippen LogP contribution in [-0.4, -0.2) is 39.3 Å². The normalized spacial score (nSPS) is 11.8. The number of aromatic amines is 1. The molecule has 5 aromatic rings. The van der Waals surface area contributed by atoms with Crippen LogP contribution in [0.5, 0.6) is 0 Å². The van der Waals surface area contributed by atoms with Crippen LogP contribution >= 0.6 is 0 Å². The lowest BCUT2D eigenvalue weighted by atomic mass is 9.88. The van der Waals surface area contributed by atoms with Gasteiger partial charge >= 0.3 is 5.69 Å². The molecule has 0 saturated carbocycles. The highest BCUT2D eigenvalue weighted by atomic mass is 16.1. The quantitative estimate of drug-likeness (QED) is 0.279. The van der Waals surface area contributed by atoms with Gasteiger partial charge in [0, 0.05) is 48.2 Å². The van der Waals surface area contributed by atoms with E-state index in [4.69, 9.17) is 0 Å². The van der Waals surface area contributed by atoms with Crippen molar-refractivity contribution in [3.05, 3.63) is 88.5 Å². The van der Waals surface area contributed by atoms with E-state index < -0.39 is 0 Å². The van der Waals surface area contributed by atoms with E-state index in [1.54, 1.807) is 6.20 Å². The molecule has 0 fully saturated rings. The van der Waals surface area contributed by atoms with Crippen LogP contribution in [0, 0.1) is 0 Å². The number of H-pyrrole nitrogens is 1. The molecule has 0 saturated heterocycles. The third kappa shape index (κ3) is 5.21. The molecule has 0 unspecified atom stereocenters. The molecule has 0 spiro atoms. The molecular weight excluding hydrogens is 488 g/mol. The molecule has 1 N–H and O–H groups in total. The Bertz CT molecular complexity index is 1600. The summed E-state index contributed by atoms with van der Waals surface area (Å²) in [5.41, 5.74) is 6.06. The number of rotatable bonds is 9. The second-order valence-corrected chi connectivity index (χ2v) is 10.9. The molecule has 5 rings (SSSR count). The minimum Gasteiger partial charge on any atom is -0.334 e. The van der Waals surface area contributed by atoms with Gasteiger partial charge in [0.2, 0.25) is 0 Å². The summed E-state index contributed by atoms with van der Waals surface area (Å²) in [6, 6.07) is 12.2. The minimum atomic E-state index is -0.0919. The summed E-state index contributed by atoms with van der Waals surface area (Å²) in [5, 5.41) is 14.1. The second-order valence-electron chi connectivity index (χ2n) is 10.9. The summed E-state index contributed by atoms with van der Waals surface area (Å²) in [4.78, 5) is 18.5. The Hall–Kier alpha value is -4.27. The summed E-state index contributed by atoms with van der Waals surface area (Å²) in [5.74, 6) is 1.58. The first kappa shape index (κ1) is 26.3. The smallest absolute Gasteiger partial charge is 0.334 e. The molecule has 39 heavy (non-hydrogen) atoms. The summed E-state index contributed by atoms with van der Waals surface area (Å²) in [7, 11) is 0. The van der Waals surface area contributed by atoms with E-state index in [2.05, 4.69) is 77.1 Å². The van der Waals surface area contributed by atoms with Crippen molar-refractivity contribution >= 4 is 0 Å². The van der Waals surface area contributed by atoms with Crippen molar-refractivity contribution in [2.75, 3.05) is 0 Å². The Morgan fingerprint density at radius 1 is 1.00 bits per heavy atom. The topological polar surface area (TPSA) is 99.2 Å². The van der Waals surface area contributed by atoms with Gasteiger partial charge in [-0.2, -0.15) is 0 Å². The van der Waals surface area contributed by atoms with Crippen molar-refractivity contribution in [3.8, 4) is 28.3 Å². The van der Waals surface area contributed by atoms with Gasteiger partial charge in [0.15, 0.2) is 5.82 Å². The average molecular weight is 525 g/mol. The summed E-state index contributed by atoms with van der Waals surface area (Å²) < 4.78 is 5.94. The van der Waals surface area contributed by atoms with Crippen LogP contribution in [0.4, 0.5) is 0 Å². The van der Waals surface area contributed by atoms with Gasteiger partial charge in [-0.25, -0.2) is 9.89 Å². The maximum absolute atomic E-state index is 14.1. The number of hydrogen-bond acceptors (Lipinski definition) is 5. The molecule has 1 aromatic carbocycles. The fraction of sp³-hybridized carbons (Fsp3) is 0.367. The molecule has 9 heteroatoms. The van der Waals surface area contributed by atoms with E-state index in [0.717, 1.165) is 65.1 Å². The van der Waals surface area contributed by atoms with Crippen LogP contribution in [-0.2, 0) is 24.9 Å². The zero-order chi connectivity index (χ0) is 27.6. The van der Waals surface area contributed by atoms with Crippen molar-refractivity contribution in [2.45, 2.75) is 72.4 Å². The zero-order valence-electron chi connectivity index (χ0n) is 23.3. The Kier molecular flexibility index (Phi) is 7.32. The molecule has 0 aliphatic carbocycles. The number of unbranched alkanes of at least 4 members (excludes halogenated alkanes) is 1. The predicted molar refractivity (Wildman–Crippen MR) is 153 cm³/mol. The third-order valence-corrected chi connectivity index (χ3v) is 7.21. The molecule has 4 heterocycles. The Morgan fingerprint density at radius 2 is 1.77 bits per heavy atom. The highest BCUT2D eigenvalue weighted by Crippen LogP contribution is 2.30. The molecule has 0 atom stereocenters. The van der Waals surface area contributed by atoms with E-state index in [1.165, 1.54) is 0 Å². The molecular formula is C30H36N8O. The zero-order valence-corrected chi connectivity index (χ0v) is 23.3. The van der Waals surface area contributed by atoms with E-state index in [-0.39, 0.29) is 11.1 Å². The van der Waals surface area contributed by atoms with Gasteiger partial charge in [0.05, 0.1) is 6.54 Å². The Labute approximate surface area is 228 Å². The van der Waals surface area contributed by atoms with Crippen LogP contribution in [0.25, 0.3) is 28.3 Å². The number of aromatic nitrogens is 8. The molecule has 202 valence electrons. The van der Waals surface area contributed by atoms with Gasteiger partial charge in [0.25, 0.3) is 0 Å². The van der Waals surface area contributed by atoms with E-state index in [9.17, 15) is 4.79 Å². The molecule has 4 aromatic heterocycles. The minimum absolute atomic E-state index is 0.0250. The SMILES string of the molecule is CCCCc1cn(-c2c(C(C)(C)C)ccn2CC)c(=O)n1Cc1cnccc1-c1ccc(-c2nnn[nH]2)cc1. The number of tetrazole rings is 1. The average Bonchev–Trinajstić information content (AvgIpc) is 3.68. The number of pyridine rings is 1. The first-order valence-electron chi connectivity index (χ1n) is 13.6. The highest BCUT2D eigenvalue weighted by Gasteiger charge is 2.25. The first-order valence-corrected chi connectivity index (χ1v) is 13.6. The summed E-state index contributed by atoms with van der Waals surface area (Å²) in [6.07, 6.45) is 10.7. The molecule has 9 nitrogen and oxygen atoms in total. The van der Waals surface area contributed by atoms with Crippen LogP contribution in [0.15, 0.2) is 66.0 Å². The molecule has 0 aliphatic rings. The third-order valence-electron chi connectivity index (χ3n) is 7.21. The van der Waals surface area contributed by atoms with Crippen molar-refractivity contribution < 1.29 is 0 Å².